The molecule has 0 atom stereocenters. The number of aliphatic hydroxyl groups is 1. The molecule has 0 bridgehead atoms. The first-order chi connectivity index (χ1) is 9.24. The lowest BCUT2D eigenvalue weighted by Crippen LogP contribution is -2.27. The Bertz CT molecular complexity index is 253. The average molecular weight is 287 g/mol. The maximum absolute atomic E-state index is 10.0. The first-order valence-corrected chi connectivity index (χ1v) is 7.84. The molecule has 1 aliphatic carbocycles. The Kier molecular flexibility index (Phi) is 9.64. The molecule has 1 fully saturated rings. The summed E-state index contributed by atoms with van der Waals surface area (Å²) in [5, 5.41) is 8.64. The van der Waals surface area contributed by atoms with Gasteiger partial charge in [0.15, 0.2) is 0 Å². The summed E-state index contributed by atoms with van der Waals surface area (Å²) < 4.78 is 4.58. The van der Waals surface area contributed by atoms with Crippen LogP contribution in [0.5, 0.6) is 0 Å². The fourth-order valence-electron chi connectivity index (χ4n) is 2.46. The second-order valence-corrected chi connectivity index (χ2v) is 6.88. The third-order valence-electron chi connectivity index (χ3n) is 3.56. The zero-order chi connectivity index (χ0) is 15.6. The molecule has 20 heavy (non-hydrogen) atoms. The van der Waals surface area contributed by atoms with Crippen LogP contribution in [-0.2, 0) is 4.74 Å². The van der Waals surface area contributed by atoms with Gasteiger partial charge in [-0.15, -0.1) is 0 Å². The number of unbranched alkanes of at least 4 members (excludes halogenated alkanes) is 1. The maximum Gasteiger partial charge on any atom is 0.405 e. The van der Waals surface area contributed by atoms with Gasteiger partial charge in [-0.1, -0.05) is 45.4 Å². The molecule has 0 aliphatic heterocycles. The predicted octanol–water partition coefficient (Wildman–Crippen LogP) is 3.86. The number of carbonyl (C=O) groups excluding carboxylic acids is 1. The number of hydrogen-bond donors (Lipinski definition) is 2. The fraction of sp³-hybridized carbons (Fsp3) is 0.938. The number of ether oxygens (including phenoxy) is 1. The number of rotatable bonds is 4. The molecule has 0 heterocycles. The highest BCUT2D eigenvalue weighted by Gasteiger charge is 2.17. The van der Waals surface area contributed by atoms with E-state index in [-0.39, 0.29) is 0 Å². The molecule has 1 rings (SSSR count). The van der Waals surface area contributed by atoms with E-state index in [1.165, 1.54) is 38.5 Å². The summed E-state index contributed by atoms with van der Waals surface area (Å²) in [5.41, 5.74) is 4.26. The van der Waals surface area contributed by atoms with Crippen molar-refractivity contribution in [1.82, 2.24) is 0 Å². The van der Waals surface area contributed by atoms with Gasteiger partial charge in [0.2, 0.25) is 0 Å². The molecular formula is C16H33NO3. The minimum absolute atomic E-state index is 0.378. The van der Waals surface area contributed by atoms with E-state index < -0.39 is 11.7 Å². The van der Waals surface area contributed by atoms with E-state index in [0.717, 1.165) is 18.3 Å². The summed E-state index contributed by atoms with van der Waals surface area (Å²) in [6, 6.07) is 0. The summed E-state index contributed by atoms with van der Waals surface area (Å²) in [7, 11) is 0. The summed E-state index contributed by atoms with van der Waals surface area (Å²) in [5.74, 6) is 1.95. The third kappa shape index (κ3) is 12.3. The molecule has 0 unspecified atom stereocenters. The van der Waals surface area contributed by atoms with Gasteiger partial charge in [-0.05, 0) is 39.0 Å². The zero-order valence-electron chi connectivity index (χ0n) is 13.7. The minimum atomic E-state index is -0.725. The number of amides is 1. The highest BCUT2D eigenvalue weighted by atomic mass is 16.6. The van der Waals surface area contributed by atoms with Crippen molar-refractivity contribution in [3.63, 3.8) is 0 Å². The van der Waals surface area contributed by atoms with Crippen LogP contribution >= 0.6 is 0 Å². The molecule has 4 heteroatoms. The number of hydrogen-bond acceptors (Lipinski definition) is 3. The lowest BCUT2D eigenvalue weighted by molar-refractivity contribution is 0.0600. The maximum atomic E-state index is 10.0. The Morgan fingerprint density at radius 1 is 1.20 bits per heavy atom. The Morgan fingerprint density at radius 3 is 2.10 bits per heavy atom. The molecule has 0 radical (unpaired) electrons. The largest absolute Gasteiger partial charge is 0.444 e. The Labute approximate surface area is 124 Å². The molecule has 1 aliphatic rings. The van der Waals surface area contributed by atoms with Gasteiger partial charge >= 0.3 is 6.09 Å². The highest BCUT2D eigenvalue weighted by Crippen LogP contribution is 2.31. The van der Waals surface area contributed by atoms with Gasteiger partial charge in [0.1, 0.15) is 5.60 Å². The smallest absolute Gasteiger partial charge is 0.405 e. The summed E-state index contributed by atoms with van der Waals surface area (Å²) >= 11 is 0. The van der Waals surface area contributed by atoms with Crippen molar-refractivity contribution in [3.8, 4) is 0 Å². The van der Waals surface area contributed by atoms with E-state index in [4.69, 9.17) is 10.8 Å². The number of primary amides is 1. The number of carbonyl (C=O) groups is 1. The van der Waals surface area contributed by atoms with Gasteiger partial charge in [-0.3, -0.25) is 0 Å². The van der Waals surface area contributed by atoms with E-state index >= 15 is 0 Å². The van der Waals surface area contributed by atoms with E-state index in [1.54, 1.807) is 20.8 Å². The van der Waals surface area contributed by atoms with E-state index in [9.17, 15) is 4.79 Å². The quantitative estimate of drug-likeness (QED) is 0.771. The monoisotopic (exact) mass is 287 g/mol. The van der Waals surface area contributed by atoms with Crippen molar-refractivity contribution in [2.45, 2.75) is 78.2 Å². The van der Waals surface area contributed by atoms with E-state index in [2.05, 4.69) is 11.7 Å². The minimum Gasteiger partial charge on any atom is -0.444 e. The van der Waals surface area contributed by atoms with Gasteiger partial charge in [-0.2, -0.15) is 0 Å². The lowest BCUT2D eigenvalue weighted by atomic mass is 9.81. The van der Waals surface area contributed by atoms with Crippen LogP contribution in [0.1, 0.15) is 72.6 Å². The Hall–Kier alpha value is -0.770. The van der Waals surface area contributed by atoms with Gasteiger partial charge in [0.25, 0.3) is 0 Å². The molecule has 1 saturated carbocycles. The molecule has 0 saturated heterocycles. The molecule has 120 valence electrons. The summed E-state index contributed by atoms with van der Waals surface area (Å²) in [4.78, 5) is 10.0. The molecule has 0 aromatic rings. The molecule has 0 spiro atoms. The van der Waals surface area contributed by atoms with Crippen LogP contribution in [0.4, 0.5) is 4.79 Å². The Balaban J connectivity index is 0.000000396. The summed E-state index contributed by atoms with van der Waals surface area (Å²) in [6.07, 6.45) is 8.61. The highest BCUT2D eigenvalue weighted by molar-refractivity contribution is 5.65. The van der Waals surface area contributed by atoms with Crippen molar-refractivity contribution in [3.05, 3.63) is 0 Å². The molecule has 0 aromatic carbocycles. The van der Waals surface area contributed by atoms with Crippen molar-refractivity contribution >= 4 is 6.09 Å². The van der Waals surface area contributed by atoms with Crippen LogP contribution < -0.4 is 5.73 Å². The SMILES string of the molecule is CC(C)(C)OC(N)=O.CC1CCC(CCCCO)CC1. The molecule has 4 nitrogen and oxygen atoms in total. The molecule has 1 amide bonds. The lowest BCUT2D eigenvalue weighted by Gasteiger charge is -2.25. The van der Waals surface area contributed by atoms with Crippen molar-refractivity contribution in [1.29, 1.82) is 0 Å². The van der Waals surface area contributed by atoms with E-state index in [0.29, 0.717) is 6.61 Å². The van der Waals surface area contributed by atoms with Crippen LogP contribution in [-0.4, -0.2) is 23.4 Å². The number of nitrogens with two attached hydrogens (primary N) is 1. The van der Waals surface area contributed by atoms with Crippen LogP contribution in [0.3, 0.4) is 0 Å². The van der Waals surface area contributed by atoms with E-state index in [1.807, 2.05) is 0 Å². The first-order valence-electron chi connectivity index (χ1n) is 7.84. The zero-order valence-corrected chi connectivity index (χ0v) is 13.7. The molecular weight excluding hydrogens is 254 g/mol. The van der Waals surface area contributed by atoms with Gasteiger partial charge < -0.3 is 15.6 Å². The molecule has 0 aromatic heterocycles. The van der Waals surface area contributed by atoms with Gasteiger partial charge in [0.05, 0.1) is 0 Å². The van der Waals surface area contributed by atoms with Gasteiger partial charge in [-0.25, -0.2) is 4.79 Å². The van der Waals surface area contributed by atoms with Crippen LogP contribution in [0.15, 0.2) is 0 Å². The average Bonchev–Trinajstić information content (AvgIpc) is 2.29. The Morgan fingerprint density at radius 2 is 1.75 bits per heavy atom. The second-order valence-electron chi connectivity index (χ2n) is 6.88. The topological polar surface area (TPSA) is 72.5 Å². The second kappa shape index (κ2) is 10.0. The normalized spacial score (nSPS) is 22.6. The fourth-order valence-corrected chi connectivity index (χ4v) is 2.46. The standard InChI is InChI=1S/C11H22O.C5H11NO2/c1-10-5-7-11(8-6-10)4-2-3-9-12;1-5(2,3)8-4(6)7/h10-12H,2-9H2,1H3;1-3H3,(H2,6,7). The van der Waals surface area contributed by atoms with Crippen LogP contribution in [0.25, 0.3) is 0 Å². The first kappa shape index (κ1) is 19.2. The summed E-state index contributed by atoms with van der Waals surface area (Å²) in [6.45, 7) is 8.03. The van der Waals surface area contributed by atoms with Crippen LogP contribution in [0, 0.1) is 11.8 Å². The predicted molar refractivity (Wildman–Crippen MR) is 82.5 cm³/mol. The van der Waals surface area contributed by atoms with Crippen molar-refractivity contribution in [2.24, 2.45) is 17.6 Å². The van der Waals surface area contributed by atoms with Crippen molar-refractivity contribution < 1.29 is 14.6 Å². The third-order valence-corrected chi connectivity index (χ3v) is 3.56. The number of aliphatic hydroxyl groups excluding tert-OH is 1. The van der Waals surface area contributed by atoms with Crippen molar-refractivity contribution in [2.75, 3.05) is 6.61 Å². The molecule has 3 N–H and O–H groups in total. The van der Waals surface area contributed by atoms with Gasteiger partial charge in [0, 0.05) is 6.61 Å². The van der Waals surface area contributed by atoms with Crippen LogP contribution in [0.2, 0.25) is 0 Å².